The summed E-state index contributed by atoms with van der Waals surface area (Å²) in [6, 6.07) is 7.64. The summed E-state index contributed by atoms with van der Waals surface area (Å²) < 4.78 is 0. The van der Waals surface area contributed by atoms with Gasteiger partial charge in [-0.2, -0.15) is 0 Å². The fourth-order valence-corrected chi connectivity index (χ4v) is 1.79. The van der Waals surface area contributed by atoms with Crippen LogP contribution in [0.15, 0.2) is 57.8 Å². The van der Waals surface area contributed by atoms with Crippen LogP contribution in [0.4, 0.5) is 0 Å². The molecule has 21 heavy (non-hydrogen) atoms. The number of allylic oxidation sites excluding steroid dienone is 2. The summed E-state index contributed by atoms with van der Waals surface area (Å²) >= 11 is 5.94. The van der Waals surface area contributed by atoms with E-state index in [1.807, 2.05) is 56.6 Å². The molecule has 0 unspecified atom stereocenters. The molecule has 2 N–H and O–H groups in total. The molecule has 0 aromatic heterocycles. The van der Waals surface area contributed by atoms with Crippen LogP contribution in [0.25, 0.3) is 0 Å². The number of benzene rings is 1. The first kappa shape index (κ1) is 17.2. The van der Waals surface area contributed by atoms with E-state index in [1.54, 1.807) is 0 Å². The van der Waals surface area contributed by atoms with Gasteiger partial charge >= 0.3 is 0 Å². The summed E-state index contributed by atoms with van der Waals surface area (Å²) in [6.45, 7) is 6.45. The third kappa shape index (κ3) is 6.41. The van der Waals surface area contributed by atoms with Crippen molar-refractivity contribution in [2.24, 2.45) is 15.7 Å². The van der Waals surface area contributed by atoms with Gasteiger partial charge in [0.05, 0.1) is 12.3 Å². The van der Waals surface area contributed by atoms with Gasteiger partial charge in [0, 0.05) is 28.7 Å². The Balaban J connectivity index is 3.10. The van der Waals surface area contributed by atoms with Crippen molar-refractivity contribution in [3.63, 3.8) is 0 Å². The van der Waals surface area contributed by atoms with Crippen LogP contribution in [0.2, 0.25) is 5.02 Å². The van der Waals surface area contributed by atoms with Crippen molar-refractivity contribution in [3.05, 3.63) is 58.4 Å². The average Bonchev–Trinajstić information content (AvgIpc) is 2.45. The van der Waals surface area contributed by atoms with Crippen LogP contribution in [0.5, 0.6) is 0 Å². The zero-order valence-corrected chi connectivity index (χ0v) is 13.6. The summed E-state index contributed by atoms with van der Waals surface area (Å²) in [6.07, 6.45) is 6.49. The molecular formula is C17H22ClN3. The lowest BCUT2D eigenvalue weighted by atomic mass is 10.0. The van der Waals surface area contributed by atoms with E-state index < -0.39 is 0 Å². The van der Waals surface area contributed by atoms with Crippen LogP contribution in [-0.2, 0) is 0 Å². The summed E-state index contributed by atoms with van der Waals surface area (Å²) in [5.74, 6) is 0. The summed E-state index contributed by atoms with van der Waals surface area (Å²) in [5, 5.41) is 0.710. The number of hydrogen-bond donors (Lipinski definition) is 1. The van der Waals surface area contributed by atoms with Crippen LogP contribution in [0.1, 0.15) is 32.8 Å². The molecule has 0 aliphatic heterocycles. The molecule has 112 valence electrons. The Morgan fingerprint density at radius 1 is 1.24 bits per heavy atom. The normalized spacial score (nSPS) is 14.0. The molecule has 4 heteroatoms. The lowest BCUT2D eigenvalue weighted by Gasteiger charge is -2.07. The van der Waals surface area contributed by atoms with Gasteiger partial charge < -0.3 is 5.73 Å². The first-order valence-corrected chi connectivity index (χ1v) is 7.33. The Labute approximate surface area is 132 Å². The second-order valence-electron chi connectivity index (χ2n) is 4.70. The molecule has 0 saturated heterocycles. The molecule has 0 fully saturated rings. The fraction of sp³-hybridized carbons (Fsp3) is 0.294. The number of nitrogens with zero attached hydrogens (tertiary/aromatic N) is 2. The van der Waals surface area contributed by atoms with Crippen molar-refractivity contribution in [3.8, 4) is 0 Å². The SMILES string of the molecule is CCC=N/C=C(\C)C(=NC/C=C(\C)N)c1ccc(Cl)cc1. The van der Waals surface area contributed by atoms with Crippen LogP contribution in [-0.4, -0.2) is 18.5 Å². The van der Waals surface area contributed by atoms with Crippen molar-refractivity contribution < 1.29 is 0 Å². The van der Waals surface area contributed by atoms with Gasteiger partial charge in [0.25, 0.3) is 0 Å². The van der Waals surface area contributed by atoms with Crippen LogP contribution in [0.3, 0.4) is 0 Å². The molecule has 1 rings (SSSR count). The Kier molecular flexibility index (Phi) is 7.48. The van der Waals surface area contributed by atoms with Crippen LogP contribution >= 0.6 is 11.6 Å². The second kappa shape index (κ2) is 9.14. The third-order valence-electron chi connectivity index (χ3n) is 2.71. The van der Waals surface area contributed by atoms with Crippen LogP contribution < -0.4 is 5.73 Å². The molecule has 0 aliphatic carbocycles. The molecule has 3 nitrogen and oxygen atoms in total. The van der Waals surface area contributed by atoms with Gasteiger partial charge in [-0.1, -0.05) is 30.7 Å². The highest BCUT2D eigenvalue weighted by atomic mass is 35.5. The second-order valence-corrected chi connectivity index (χ2v) is 5.13. The first-order chi connectivity index (χ1) is 10.0. The standard InChI is InChI=1S/C17H22ClN3/c1-4-10-20-12-13(2)17(21-11-9-14(3)19)15-5-7-16(18)8-6-15/h5-10,12H,4,11,19H2,1-3H3/b13-12+,14-9+,20-10?,21-17?. The van der Waals surface area contributed by atoms with E-state index in [4.69, 9.17) is 17.3 Å². The Morgan fingerprint density at radius 2 is 1.90 bits per heavy atom. The zero-order valence-electron chi connectivity index (χ0n) is 12.8. The maximum Gasteiger partial charge on any atom is 0.0694 e. The number of rotatable bonds is 6. The summed E-state index contributed by atoms with van der Waals surface area (Å²) in [5.41, 5.74) is 9.33. The van der Waals surface area contributed by atoms with Gasteiger partial charge in [-0.25, -0.2) is 0 Å². The van der Waals surface area contributed by atoms with E-state index in [0.717, 1.165) is 29.0 Å². The van der Waals surface area contributed by atoms with Crippen molar-refractivity contribution in [1.29, 1.82) is 0 Å². The van der Waals surface area contributed by atoms with Gasteiger partial charge in [-0.15, -0.1) is 0 Å². The smallest absolute Gasteiger partial charge is 0.0694 e. The Hall–Kier alpha value is -1.87. The molecule has 0 aliphatic rings. The van der Waals surface area contributed by atoms with E-state index >= 15 is 0 Å². The van der Waals surface area contributed by atoms with Crippen molar-refractivity contribution in [2.75, 3.05) is 6.54 Å². The average molecular weight is 304 g/mol. The molecule has 0 amide bonds. The lowest BCUT2D eigenvalue weighted by molar-refractivity contribution is 1.17. The van der Waals surface area contributed by atoms with Crippen molar-refractivity contribution in [1.82, 2.24) is 0 Å². The minimum Gasteiger partial charge on any atom is -0.402 e. The maximum absolute atomic E-state index is 5.94. The molecule has 0 atom stereocenters. The molecule has 0 radical (unpaired) electrons. The number of halogens is 1. The minimum atomic E-state index is 0.545. The summed E-state index contributed by atoms with van der Waals surface area (Å²) in [7, 11) is 0. The monoisotopic (exact) mass is 303 g/mol. The molecule has 0 bridgehead atoms. The molecule has 0 heterocycles. The third-order valence-corrected chi connectivity index (χ3v) is 2.96. The number of nitrogens with two attached hydrogens (primary N) is 1. The zero-order chi connectivity index (χ0) is 15.7. The van der Waals surface area contributed by atoms with E-state index in [0.29, 0.717) is 11.6 Å². The highest BCUT2D eigenvalue weighted by Crippen LogP contribution is 2.14. The van der Waals surface area contributed by atoms with E-state index in [9.17, 15) is 0 Å². The number of aliphatic imine (C=N–C) groups is 2. The van der Waals surface area contributed by atoms with E-state index in [1.165, 1.54) is 0 Å². The van der Waals surface area contributed by atoms with E-state index in [2.05, 4.69) is 16.9 Å². The fourth-order valence-electron chi connectivity index (χ4n) is 1.66. The van der Waals surface area contributed by atoms with Gasteiger partial charge in [0.1, 0.15) is 0 Å². The van der Waals surface area contributed by atoms with Crippen LogP contribution in [0, 0.1) is 0 Å². The first-order valence-electron chi connectivity index (χ1n) is 6.96. The Bertz CT molecular complexity index is 562. The Morgan fingerprint density at radius 3 is 2.48 bits per heavy atom. The number of hydrogen-bond acceptors (Lipinski definition) is 3. The molecule has 0 saturated carbocycles. The molecule has 0 spiro atoms. The highest BCUT2D eigenvalue weighted by Gasteiger charge is 2.05. The largest absolute Gasteiger partial charge is 0.402 e. The van der Waals surface area contributed by atoms with Gasteiger partial charge in [0.2, 0.25) is 0 Å². The van der Waals surface area contributed by atoms with Gasteiger partial charge in [-0.3, -0.25) is 9.98 Å². The van der Waals surface area contributed by atoms with Gasteiger partial charge in [0.15, 0.2) is 0 Å². The predicted molar refractivity (Wildman–Crippen MR) is 93.3 cm³/mol. The maximum atomic E-state index is 5.94. The quantitative estimate of drug-likeness (QED) is 0.779. The minimum absolute atomic E-state index is 0.545. The molecule has 1 aromatic rings. The summed E-state index contributed by atoms with van der Waals surface area (Å²) in [4.78, 5) is 8.88. The van der Waals surface area contributed by atoms with Crippen molar-refractivity contribution in [2.45, 2.75) is 27.2 Å². The highest BCUT2D eigenvalue weighted by molar-refractivity contribution is 6.30. The van der Waals surface area contributed by atoms with Crippen molar-refractivity contribution >= 4 is 23.5 Å². The topological polar surface area (TPSA) is 50.7 Å². The molecular weight excluding hydrogens is 282 g/mol. The van der Waals surface area contributed by atoms with E-state index in [-0.39, 0.29) is 0 Å². The molecule has 1 aromatic carbocycles. The van der Waals surface area contributed by atoms with Gasteiger partial charge in [-0.05, 0) is 44.1 Å². The lowest BCUT2D eigenvalue weighted by Crippen LogP contribution is -2.04. The predicted octanol–water partition coefficient (Wildman–Crippen LogP) is 4.38.